The fourth-order valence-electron chi connectivity index (χ4n) is 1.84. The zero-order valence-corrected chi connectivity index (χ0v) is 12.8. The number of nitrogens with zero attached hydrogens (tertiary/aromatic N) is 1. The fourth-order valence-corrected chi connectivity index (χ4v) is 2.65. The maximum Gasteiger partial charge on any atom is 0.253 e. The van der Waals surface area contributed by atoms with Gasteiger partial charge in [0.15, 0.2) is 0 Å². The number of nitrogens with two attached hydrogens (primary N) is 1. The summed E-state index contributed by atoms with van der Waals surface area (Å²) in [5.74, 6) is 5.54. The van der Waals surface area contributed by atoms with E-state index in [2.05, 4.69) is 22.1 Å². The van der Waals surface area contributed by atoms with Crippen LogP contribution in [0.3, 0.4) is 0 Å². The van der Waals surface area contributed by atoms with E-state index >= 15 is 0 Å². The number of carbonyl (C=O) groups is 1. The highest BCUT2D eigenvalue weighted by Crippen LogP contribution is 2.18. The molecule has 0 aliphatic carbocycles. The second-order valence-electron chi connectivity index (χ2n) is 4.57. The van der Waals surface area contributed by atoms with Gasteiger partial charge in [-0.25, -0.2) is 4.98 Å². The average Bonchev–Trinajstić information content (AvgIpc) is 2.92. The van der Waals surface area contributed by atoms with Gasteiger partial charge < -0.3 is 11.1 Å². The molecule has 0 fully saturated rings. The molecule has 1 heterocycles. The number of rotatable bonds is 3. The standard InChI is InChI=1S/C16H17N3OS/c1-11-10-21-16(18-11)12(2)19-15(20)14-8-4-3-6-13(14)7-5-9-17/h3-4,6,8,10,12H,9,17H2,1-2H3,(H,19,20). The summed E-state index contributed by atoms with van der Waals surface area (Å²) in [5, 5.41) is 5.82. The van der Waals surface area contributed by atoms with Crippen LogP contribution in [0.4, 0.5) is 0 Å². The van der Waals surface area contributed by atoms with Crippen LogP contribution in [0.1, 0.15) is 39.6 Å². The molecule has 108 valence electrons. The molecular formula is C16H17N3OS. The molecule has 3 N–H and O–H groups in total. The highest BCUT2D eigenvalue weighted by molar-refractivity contribution is 7.09. The first-order valence-electron chi connectivity index (χ1n) is 6.62. The molecule has 0 bridgehead atoms. The third-order valence-electron chi connectivity index (χ3n) is 2.85. The molecular weight excluding hydrogens is 282 g/mol. The summed E-state index contributed by atoms with van der Waals surface area (Å²) in [6.45, 7) is 4.13. The number of thiazole rings is 1. The molecule has 1 atom stereocenters. The predicted molar refractivity (Wildman–Crippen MR) is 85.1 cm³/mol. The van der Waals surface area contributed by atoms with Crippen LogP contribution in [0, 0.1) is 18.8 Å². The molecule has 21 heavy (non-hydrogen) atoms. The van der Waals surface area contributed by atoms with E-state index in [1.54, 1.807) is 17.4 Å². The van der Waals surface area contributed by atoms with Crippen molar-refractivity contribution in [1.29, 1.82) is 0 Å². The number of hydrogen-bond donors (Lipinski definition) is 2. The first-order valence-corrected chi connectivity index (χ1v) is 7.50. The van der Waals surface area contributed by atoms with Crippen molar-refractivity contribution >= 4 is 17.2 Å². The lowest BCUT2D eigenvalue weighted by molar-refractivity contribution is 0.0939. The summed E-state index contributed by atoms with van der Waals surface area (Å²) in [6, 6.07) is 7.11. The summed E-state index contributed by atoms with van der Waals surface area (Å²) >= 11 is 1.54. The fraction of sp³-hybridized carbons (Fsp3) is 0.250. The number of nitrogens with one attached hydrogen (secondary N) is 1. The van der Waals surface area contributed by atoms with Gasteiger partial charge in [-0.05, 0) is 26.0 Å². The molecule has 1 amide bonds. The van der Waals surface area contributed by atoms with Gasteiger partial charge in [0, 0.05) is 16.6 Å². The minimum atomic E-state index is -0.155. The van der Waals surface area contributed by atoms with E-state index < -0.39 is 0 Å². The molecule has 1 aromatic carbocycles. The topological polar surface area (TPSA) is 68.0 Å². The Bertz CT molecular complexity index is 697. The lowest BCUT2D eigenvalue weighted by Gasteiger charge is -2.12. The molecule has 2 rings (SSSR count). The normalized spacial score (nSPS) is 11.4. The second kappa shape index (κ2) is 7.02. The van der Waals surface area contributed by atoms with Crippen molar-refractivity contribution in [2.24, 2.45) is 5.73 Å². The van der Waals surface area contributed by atoms with Crippen LogP contribution in [-0.4, -0.2) is 17.4 Å². The lowest BCUT2D eigenvalue weighted by Crippen LogP contribution is -2.27. The third-order valence-corrected chi connectivity index (χ3v) is 4.00. The molecule has 1 aromatic heterocycles. The van der Waals surface area contributed by atoms with Crippen molar-refractivity contribution in [3.05, 3.63) is 51.5 Å². The van der Waals surface area contributed by atoms with Crippen molar-refractivity contribution in [2.75, 3.05) is 6.54 Å². The number of aromatic nitrogens is 1. The molecule has 5 heteroatoms. The van der Waals surface area contributed by atoms with Crippen LogP contribution in [-0.2, 0) is 0 Å². The zero-order valence-electron chi connectivity index (χ0n) is 12.0. The Balaban J connectivity index is 2.17. The molecule has 4 nitrogen and oxygen atoms in total. The van der Waals surface area contributed by atoms with Gasteiger partial charge in [0.05, 0.1) is 18.2 Å². The van der Waals surface area contributed by atoms with E-state index in [1.807, 2.05) is 37.4 Å². The van der Waals surface area contributed by atoms with E-state index in [0.29, 0.717) is 11.1 Å². The van der Waals surface area contributed by atoms with Crippen molar-refractivity contribution in [3.63, 3.8) is 0 Å². The van der Waals surface area contributed by atoms with Crippen LogP contribution in [0.15, 0.2) is 29.6 Å². The quantitative estimate of drug-likeness (QED) is 0.854. The summed E-state index contributed by atoms with van der Waals surface area (Å²) in [5.41, 5.74) is 7.58. The van der Waals surface area contributed by atoms with Gasteiger partial charge in [-0.2, -0.15) is 0 Å². The van der Waals surface area contributed by atoms with Crippen LogP contribution in [0.2, 0.25) is 0 Å². The number of carbonyl (C=O) groups excluding carboxylic acids is 1. The van der Waals surface area contributed by atoms with Crippen molar-refractivity contribution in [2.45, 2.75) is 19.9 Å². The van der Waals surface area contributed by atoms with Crippen LogP contribution in [0.5, 0.6) is 0 Å². The van der Waals surface area contributed by atoms with Gasteiger partial charge in [0.25, 0.3) is 5.91 Å². The summed E-state index contributed by atoms with van der Waals surface area (Å²) in [7, 11) is 0. The van der Waals surface area contributed by atoms with Gasteiger partial charge >= 0.3 is 0 Å². The SMILES string of the molecule is Cc1csc(C(C)NC(=O)c2ccccc2C#CCN)n1. The summed E-state index contributed by atoms with van der Waals surface area (Å²) in [4.78, 5) is 16.8. The van der Waals surface area contributed by atoms with Gasteiger partial charge in [0.2, 0.25) is 0 Å². The smallest absolute Gasteiger partial charge is 0.253 e. The first kappa shape index (κ1) is 15.2. The number of benzene rings is 1. The Morgan fingerprint density at radius 1 is 1.48 bits per heavy atom. The van der Waals surface area contributed by atoms with E-state index in [0.717, 1.165) is 10.7 Å². The van der Waals surface area contributed by atoms with Crippen LogP contribution in [0.25, 0.3) is 0 Å². The third kappa shape index (κ3) is 3.91. The Morgan fingerprint density at radius 2 is 2.24 bits per heavy atom. The monoisotopic (exact) mass is 299 g/mol. The van der Waals surface area contributed by atoms with E-state index in [1.165, 1.54) is 0 Å². The molecule has 0 aliphatic heterocycles. The Kier molecular flexibility index (Phi) is 5.09. The first-order chi connectivity index (χ1) is 10.1. The van der Waals surface area contributed by atoms with Crippen molar-refractivity contribution in [1.82, 2.24) is 10.3 Å². The highest BCUT2D eigenvalue weighted by Gasteiger charge is 2.15. The van der Waals surface area contributed by atoms with E-state index in [4.69, 9.17) is 5.73 Å². The number of amides is 1. The van der Waals surface area contributed by atoms with Gasteiger partial charge in [-0.1, -0.05) is 24.0 Å². The Morgan fingerprint density at radius 3 is 2.90 bits per heavy atom. The maximum absolute atomic E-state index is 12.4. The Labute approximate surface area is 128 Å². The van der Waals surface area contributed by atoms with E-state index in [-0.39, 0.29) is 18.5 Å². The second-order valence-corrected chi connectivity index (χ2v) is 5.46. The summed E-state index contributed by atoms with van der Waals surface area (Å²) < 4.78 is 0. The largest absolute Gasteiger partial charge is 0.343 e. The van der Waals surface area contributed by atoms with Crippen molar-refractivity contribution < 1.29 is 4.79 Å². The molecule has 0 saturated carbocycles. The molecule has 0 aliphatic rings. The summed E-state index contributed by atoms with van der Waals surface area (Å²) in [6.07, 6.45) is 0. The molecule has 2 aromatic rings. The minimum Gasteiger partial charge on any atom is -0.343 e. The number of hydrogen-bond acceptors (Lipinski definition) is 4. The molecule has 0 saturated heterocycles. The van der Waals surface area contributed by atoms with Gasteiger partial charge in [0.1, 0.15) is 5.01 Å². The van der Waals surface area contributed by atoms with Crippen LogP contribution >= 0.6 is 11.3 Å². The average molecular weight is 299 g/mol. The molecule has 1 unspecified atom stereocenters. The highest BCUT2D eigenvalue weighted by atomic mass is 32.1. The van der Waals surface area contributed by atoms with Crippen molar-refractivity contribution in [3.8, 4) is 11.8 Å². The zero-order chi connectivity index (χ0) is 15.2. The van der Waals surface area contributed by atoms with Gasteiger partial charge in [-0.15, -0.1) is 11.3 Å². The molecule has 0 radical (unpaired) electrons. The maximum atomic E-state index is 12.4. The van der Waals surface area contributed by atoms with Gasteiger partial charge in [-0.3, -0.25) is 4.79 Å². The lowest BCUT2D eigenvalue weighted by atomic mass is 10.1. The Hall–Kier alpha value is -2.16. The number of aryl methyl sites for hydroxylation is 1. The van der Waals surface area contributed by atoms with Crippen LogP contribution < -0.4 is 11.1 Å². The molecule has 0 spiro atoms. The van der Waals surface area contributed by atoms with E-state index in [9.17, 15) is 4.79 Å². The minimum absolute atomic E-state index is 0.133. The predicted octanol–water partition coefficient (Wildman–Crippen LogP) is 2.25.